The molecular formula is C15H17NO4. The molecule has 5 heteroatoms. The van der Waals surface area contributed by atoms with Crippen LogP contribution in [-0.4, -0.2) is 25.2 Å². The summed E-state index contributed by atoms with van der Waals surface area (Å²) in [4.78, 5) is 13.2. The van der Waals surface area contributed by atoms with E-state index in [1.165, 1.54) is 0 Å². The Morgan fingerprint density at radius 1 is 1.40 bits per heavy atom. The Morgan fingerprint density at radius 2 is 2.15 bits per heavy atom. The van der Waals surface area contributed by atoms with Gasteiger partial charge in [-0.05, 0) is 25.1 Å². The fourth-order valence-corrected chi connectivity index (χ4v) is 2.05. The number of anilines is 1. The molecule has 0 amide bonds. The third-order valence-electron chi connectivity index (χ3n) is 3.22. The Morgan fingerprint density at radius 3 is 2.70 bits per heavy atom. The molecule has 1 aromatic heterocycles. The number of hydrogen-bond donors (Lipinski definition) is 1. The smallest absolute Gasteiger partial charge is 0.337 e. The predicted molar refractivity (Wildman–Crippen MR) is 75.5 cm³/mol. The van der Waals surface area contributed by atoms with E-state index in [-0.39, 0.29) is 5.56 Å². The molecule has 5 nitrogen and oxygen atoms in total. The van der Waals surface area contributed by atoms with E-state index in [9.17, 15) is 9.90 Å². The summed E-state index contributed by atoms with van der Waals surface area (Å²) < 4.78 is 10.4. The van der Waals surface area contributed by atoms with Crippen molar-refractivity contribution in [1.82, 2.24) is 0 Å². The minimum atomic E-state index is -0.960. The molecule has 0 aliphatic rings. The number of nitrogens with zero attached hydrogens (tertiary/aromatic N) is 1. The normalized spacial score (nSPS) is 10.3. The van der Waals surface area contributed by atoms with Crippen LogP contribution in [-0.2, 0) is 6.54 Å². The number of carboxylic acid groups (broad SMARTS) is 1. The lowest BCUT2D eigenvalue weighted by Gasteiger charge is -2.21. The highest BCUT2D eigenvalue weighted by Crippen LogP contribution is 2.27. The van der Waals surface area contributed by atoms with Gasteiger partial charge in [-0.3, -0.25) is 0 Å². The van der Waals surface area contributed by atoms with Gasteiger partial charge in [-0.25, -0.2) is 4.79 Å². The first kappa shape index (κ1) is 14.0. The van der Waals surface area contributed by atoms with Gasteiger partial charge in [0.05, 0.1) is 24.6 Å². The molecule has 0 saturated carbocycles. The number of furan rings is 1. The number of benzene rings is 1. The molecule has 20 heavy (non-hydrogen) atoms. The average molecular weight is 275 g/mol. The van der Waals surface area contributed by atoms with Crippen molar-refractivity contribution in [3.05, 3.63) is 47.4 Å². The van der Waals surface area contributed by atoms with Crippen LogP contribution in [0.2, 0.25) is 0 Å². The van der Waals surface area contributed by atoms with Gasteiger partial charge in [-0.1, -0.05) is 0 Å². The summed E-state index contributed by atoms with van der Waals surface area (Å²) in [6.07, 6.45) is 1.63. The molecule has 1 aromatic carbocycles. The molecular weight excluding hydrogens is 258 g/mol. The van der Waals surface area contributed by atoms with E-state index in [0.717, 1.165) is 11.3 Å². The second-order valence-electron chi connectivity index (χ2n) is 4.55. The minimum absolute atomic E-state index is 0.245. The van der Waals surface area contributed by atoms with Crippen LogP contribution in [0.25, 0.3) is 0 Å². The van der Waals surface area contributed by atoms with Gasteiger partial charge in [-0.15, -0.1) is 0 Å². The van der Waals surface area contributed by atoms with E-state index >= 15 is 0 Å². The van der Waals surface area contributed by atoms with E-state index in [4.69, 9.17) is 9.15 Å². The standard InChI is InChI=1S/C15H17NO4/c1-10-11(6-7-20-10)9-16(2)14-8-12(19-3)4-5-13(14)15(17)18/h4-8H,9H2,1-3H3,(H,17,18). The van der Waals surface area contributed by atoms with E-state index in [0.29, 0.717) is 18.0 Å². The van der Waals surface area contributed by atoms with Crippen LogP contribution in [0.5, 0.6) is 5.75 Å². The number of aromatic carboxylic acids is 1. The lowest BCUT2D eigenvalue weighted by Crippen LogP contribution is -2.19. The van der Waals surface area contributed by atoms with Gasteiger partial charge in [0.2, 0.25) is 0 Å². The zero-order valence-electron chi connectivity index (χ0n) is 11.7. The van der Waals surface area contributed by atoms with Gasteiger partial charge in [0, 0.05) is 25.2 Å². The van der Waals surface area contributed by atoms with Crippen molar-refractivity contribution in [2.45, 2.75) is 13.5 Å². The monoisotopic (exact) mass is 275 g/mol. The average Bonchev–Trinajstić information content (AvgIpc) is 2.83. The third kappa shape index (κ3) is 2.77. The molecule has 106 valence electrons. The van der Waals surface area contributed by atoms with Crippen molar-refractivity contribution in [3.63, 3.8) is 0 Å². The highest BCUT2D eigenvalue weighted by atomic mass is 16.5. The van der Waals surface area contributed by atoms with Crippen molar-refractivity contribution in [2.75, 3.05) is 19.1 Å². The van der Waals surface area contributed by atoms with Crippen molar-refractivity contribution >= 4 is 11.7 Å². The summed E-state index contributed by atoms with van der Waals surface area (Å²) in [6, 6.07) is 6.80. The lowest BCUT2D eigenvalue weighted by molar-refractivity contribution is 0.0697. The zero-order chi connectivity index (χ0) is 14.7. The summed E-state index contributed by atoms with van der Waals surface area (Å²) in [7, 11) is 3.40. The molecule has 2 aromatic rings. The van der Waals surface area contributed by atoms with Gasteiger partial charge in [0.25, 0.3) is 0 Å². The number of methoxy groups -OCH3 is 1. The van der Waals surface area contributed by atoms with E-state index in [2.05, 4.69) is 0 Å². The topological polar surface area (TPSA) is 62.9 Å². The second kappa shape index (κ2) is 5.69. The molecule has 0 aliphatic carbocycles. The maximum atomic E-state index is 11.3. The molecule has 0 spiro atoms. The van der Waals surface area contributed by atoms with Crippen LogP contribution in [0.15, 0.2) is 34.9 Å². The molecule has 0 bridgehead atoms. The van der Waals surface area contributed by atoms with Crippen molar-refractivity contribution in [3.8, 4) is 5.75 Å². The number of ether oxygens (including phenoxy) is 1. The molecule has 1 N–H and O–H groups in total. The second-order valence-corrected chi connectivity index (χ2v) is 4.55. The van der Waals surface area contributed by atoms with Crippen molar-refractivity contribution in [1.29, 1.82) is 0 Å². The molecule has 0 radical (unpaired) electrons. The van der Waals surface area contributed by atoms with Crippen molar-refractivity contribution in [2.24, 2.45) is 0 Å². The van der Waals surface area contributed by atoms with E-state index in [1.54, 1.807) is 31.6 Å². The fourth-order valence-electron chi connectivity index (χ4n) is 2.05. The largest absolute Gasteiger partial charge is 0.497 e. The fraction of sp³-hybridized carbons (Fsp3) is 0.267. The molecule has 2 rings (SSSR count). The first-order valence-corrected chi connectivity index (χ1v) is 6.18. The number of carboxylic acids is 1. The molecule has 0 aliphatic heterocycles. The van der Waals surface area contributed by atoms with Crippen molar-refractivity contribution < 1.29 is 19.1 Å². The highest BCUT2D eigenvalue weighted by molar-refractivity contribution is 5.94. The predicted octanol–water partition coefficient (Wildman–Crippen LogP) is 2.93. The van der Waals surface area contributed by atoms with Crippen LogP contribution in [0.4, 0.5) is 5.69 Å². The van der Waals surface area contributed by atoms with Gasteiger partial charge in [0.1, 0.15) is 11.5 Å². The maximum absolute atomic E-state index is 11.3. The van der Waals surface area contributed by atoms with Crippen LogP contribution >= 0.6 is 0 Å². The highest BCUT2D eigenvalue weighted by Gasteiger charge is 2.16. The minimum Gasteiger partial charge on any atom is -0.497 e. The van der Waals surface area contributed by atoms with Crippen LogP contribution in [0.1, 0.15) is 21.7 Å². The molecule has 1 heterocycles. The molecule has 0 unspecified atom stereocenters. The summed E-state index contributed by atoms with van der Waals surface area (Å²) in [5.74, 6) is 0.496. The lowest BCUT2D eigenvalue weighted by atomic mass is 10.1. The third-order valence-corrected chi connectivity index (χ3v) is 3.22. The van der Waals surface area contributed by atoms with Crippen LogP contribution in [0.3, 0.4) is 0 Å². The van der Waals surface area contributed by atoms with E-state index in [1.807, 2.05) is 24.9 Å². The summed E-state index contributed by atoms with van der Waals surface area (Å²) in [5, 5.41) is 9.27. The first-order chi connectivity index (χ1) is 9.52. The van der Waals surface area contributed by atoms with Gasteiger partial charge >= 0.3 is 5.97 Å². The zero-order valence-corrected chi connectivity index (χ0v) is 11.7. The summed E-state index contributed by atoms with van der Waals surface area (Å²) in [5.41, 5.74) is 1.87. The number of rotatable bonds is 5. The van der Waals surface area contributed by atoms with E-state index < -0.39 is 5.97 Å². The molecule has 0 atom stereocenters. The number of hydrogen-bond acceptors (Lipinski definition) is 4. The Balaban J connectivity index is 2.34. The first-order valence-electron chi connectivity index (χ1n) is 6.18. The Bertz CT molecular complexity index is 618. The number of carbonyl (C=O) groups is 1. The molecule has 0 fully saturated rings. The van der Waals surface area contributed by atoms with Gasteiger partial charge in [0.15, 0.2) is 0 Å². The Labute approximate surface area is 117 Å². The van der Waals surface area contributed by atoms with Crippen LogP contribution < -0.4 is 9.64 Å². The van der Waals surface area contributed by atoms with Gasteiger partial charge in [-0.2, -0.15) is 0 Å². The van der Waals surface area contributed by atoms with Crippen LogP contribution in [0, 0.1) is 6.92 Å². The van der Waals surface area contributed by atoms with Gasteiger partial charge < -0.3 is 19.2 Å². The SMILES string of the molecule is COc1ccc(C(=O)O)c(N(C)Cc2ccoc2C)c1. The summed E-state index contributed by atoms with van der Waals surface area (Å²) >= 11 is 0. The Hall–Kier alpha value is -2.43. The molecule has 0 saturated heterocycles. The maximum Gasteiger partial charge on any atom is 0.337 e. The summed E-state index contributed by atoms with van der Waals surface area (Å²) in [6.45, 7) is 2.45. The quantitative estimate of drug-likeness (QED) is 0.909. The Kier molecular flexibility index (Phi) is 3.98. The number of aryl methyl sites for hydroxylation is 1.